The van der Waals surface area contributed by atoms with Gasteiger partial charge in [0.2, 0.25) is 5.95 Å². The fourth-order valence-electron chi connectivity index (χ4n) is 5.17. The average molecular weight is 517 g/mol. The zero-order valence-corrected chi connectivity index (χ0v) is 21.3. The van der Waals surface area contributed by atoms with Gasteiger partial charge in [0.25, 0.3) is 5.91 Å². The van der Waals surface area contributed by atoms with Gasteiger partial charge < -0.3 is 10.6 Å². The third-order valence-electron chi connectivity index (χ3n) is 7.40. The lowest BCUT2D eigenvalue weighted by Gasteiger charge is -2.35. The Labute approximate surface area is 215 Å². The van der Waals surface area contributed by atoms with Gasteiger partial charge in [0.15, 0.2) is 15.5 Å². The van der Waals surface area contributed by atoms with E-state index in [1.165, 1.54) is 5.56 Å². The number of nitrogens with one attached hydrogen (secondary N) is 2. The molecule has 190 valence electrons. The molecule has 0 bridgehead atoms. The molecular formula is C27H28N6O3S. The first-order valence-corrected chi connectivity index (χ1v) is 14.2. The van der Waals surface area contributed by atoms with E-state index >= 15 is 0 Å². The number of fused-ring (bicyclic) bond motifs is 1. The number of hydrogen-bond acceptors (Lipinski definition) is 7. The second kappa shape index (κ2) is 8.97. The average Bonchev–Trinajstić information content (AvgIpc) is 3.61. The summed E-state index contributed by atoms with van der Waals surface area (Å²) in [7, 11) is -1.29. The number of carbonyl (C=O) groups excluding carboxylic acids is 1. The van der Waals surface area contributed by atoms with Crippen molar-refractivity contribution in [2.45, 2.75) is 18.4 Å². The van der Waals surface area contributed by atoms with Crippen molar-refractivity contribution in [2.24, 2.45) is 0 Å². The Balaban J connectivity index is 1.23. The molecule has 2 fully saturated rings. The van der Waals surface area contributed by atoms with Crippen molar-refractivity contribution < 1.29 is 13.2 Å². The molecule has 2 aromatic carbocycles. The van der Waals surface area contributed by atoms with Crippen LogP contribution in [-0.2, 0) is 15.4 Å². The van der Waals surface area contributed by atoms with Crippen molar-refractivity contribution in [1.29, 1.82) is 0 Å². The minimum absolute atomic E-state index is 0.0280. The summed E-state index contributed by atoms with van der Waals surface area (Å²) in [4.78, 5) is 18.8. The molecule has 0 unspecified atom stereocenters. The fourth-order valence-corrected chi connectivity index (χ4v) is 6.37. The van der Waals surface area contributed by atoms with E-state index in [1.807, 2.05) is 30.5 Å². The fraction of sp³-hybridized carbons (Fsp3) is 0.296. The standard InChI is InChI=1S/C27H28N6O3S/c1-28-25(34)20-6-10-22(11-7-20)29-26-30-24-23(3-2-14-33(24)31-26)19-4-8-21(9-5-19)27(12-13-27)32-15-17-37(35,36)18-16-32/h2-11,14H,12-13,15-18H2,1H3,(H,28,34)(H,29,31). The molecule has 0 radical (unpaired) electrons. The Hall–Kier alpha value is -3.76. The summed E-state index contributed by atoms with van der Waals surface area (Å²) in [6, 6.07) is 19.7. The number of aromatic nitrogens is 3. The van der Waals surface area contributed by atoms with Crippen molar-refractivity contribution >= 4 is 33.0 Å². The zero-order valence-electron chi connectivity index (χ0n) is 20.5. The van der Waals surface area contributed by atoms with Gasteiger partial charge in [-0.2, -0.15) is 4.98 Å². The maximum Gasteiger partial charge on any atom is 0.251 e. The topological polar surface area (TPSA) is 109 Å². The lowest BCUT2D eigenvalue weighted by atomic mass is 9.98. The zero-order chi connectivity index (χ0) is 25.6. The number of rotatable bonds is 6. The van der Waals surface area contributed by atoms with Gasteiger partial charge in [0.1, 0.15) is 0 Å². The number of benzene rings is 2. The summed E-state index contributed by atoms with van der Waals surface area (Å²) in [5.41, 5.74) is 5.34. The second-order valence-corrected chi connectivity index (χ2v) is 12.0. The van der Waals surface area contributed by atoms with Crippen LogP contribution in [0.5, 0.6) is 0 Å². The lowest BCUT2D eigenvalue weighted by Crippen LogP contribution is -2.46. The van der Waals surface area contributed by atoms with E-state index in [4.69, 9.17) is 4.98 Å². The van der Waals surface area contributed by atoms with Crippen LogP contribution in [0.25, 0.3) is 16.8 Å². The molecule has 37 heavy (non-hydrogen) atoms. The maximum atomic E-state index is 11.9. The molecule has 0 atom stereocenters. The number of amides is 1. The summed E-state index contributed by atoms with van der Waals surface area (Å²) in [6.45, 7) is 1.21. The molecular weight excluding hydrogens is 488 g/mol. The van der Waals surface area contributed by atoms with Crippen LogP contribution in [-0.4, -0.2) is 65.5 Å². The Morgan fingerprint density at radius 1 is 0.973 bits per heavy atom. The van der Waals surface area contributed by atoms with E-state index in [0.717, 1.165) is 35.3 Å². The number of anilines is 2. The quantitative estimate of drug-likeness (QED) is 0.405. The number of carbonyl (C=O) groups is 1. The first-order valence-electron chi connectivity index (χ1n) is 12.4. The third-order valence-corrected chi connectivity index (χ3v) is 9.01. The predicted octanol–water partition coefficient (Wildman–Crippen LogP) is 3.22. The summed E-state index contributed by atoms with van der Waals surface area (Å²) in [6.07, 6.45) is 3.99. The third kappa shape index (κ3) is 4.47. The van der Waals surface area contributed by atoms with E-state index in [1.54, 1.807) is 23.7 Å². The molecule has 6 rings (SSSR count). The second-order valence-electron chi connectivity index (χ2n) is 9.65. The molecule has 1 aliphatic carbocycles. The van der Waals surface area contributed by atoms with Gasteiger partial charge in [0.05, 0.1) is 11.5 Å². The number of nitrogens with zero attached hydrogens (tertiary/aromatic N) is 4. The van der Waals surface area contributed by atoms with Gasteiger partial charge in [-0.1, -0.05) is 24.3 Å². The SMILES string of the molecule is CNC(=O)c1ccc(Nc2nc3c(-c4ccc(C5(N6CCS(=O)(=O)CC6)CC5)cc4)cccn3n2)cc1. The molecule has 1 saturated heterocycles. The van der Waals surface area contributed by atoms with Crippen molar-refractivity contribution in [3.05, 3.63) is 78.0 Å². The first kappa shape index (κ1) is 23.6. The van der Waals surface area contributed by atoms with E-state index in [0.29, 0.717) is 24.6 Å². The van der Waals surface area contributed by atoms with Gasteiger partial charge in [-0.25, -0.2) is 12.9 Å². The monoisotopic (exact) mass is 516 g/mol. The minimum Gasteiger partial charge on any atom is -0.355 e. The van der Waals surface area contributed by atoms with Crippen LogP contribution in [0, 0.1) is 0 Å². The molecule has 2 N–H and O–H groups in total. The molecule has 2 aromatic heterocycles. The smallest absolute Gasteiger partial charge is 0.251 e. The minimum atomic E-state index is -2.90. The molecule has 0 spiro atoms. The highest BCUT2D eigenvalue weighted by molar-refractivity contribution is 7.91. The van der Waals surface area contributed by atoms with E-state index in [9.17, 15) is 13.2 Å². The Morgan fingerprint density at radius 3 is 2.32 bits per heavy atom. The van der Waals surface area contributed by atoms with Crippen LogP contribution in [0.3, 0.4) is 0 Å². The van der Waals surface area contributed by atoms with E-state index in [2.05, 4.69) is 44.9 Å². The van der Waals surface area contributed by atoms with Crippen LogP contribution in [0.4, 0.5) is 11.6 Å². The van der Waals surface area contributed by atoms with Crippen LogP contribution >= 0.6 is 0 Å². The van der Waals surface area contributed by atoms with Gasteiger partial charge in [-0.3, -0.25) is 9.69 Å². The Morgan fingerprint density at radius 2 is 1.68 bits per heavy atom. The highest BCUT2D eigenvalue weighted by Gasteiger charge is 2.50. The largest absolute Gasteiger partial charge is 0.355 e. The molecule has 1 saturated carbocycles. The van der Waals surface area contributed by atoms with E-state index < -0.39 is 9.84 Å². The molecule has 2 aliphatic rings. The number of hydrogen-bond donors (Lipinski definition) is 2. The van der Waals surface area contributed by atoms with Gasteiger partial charge >= 0.3 is 0 Å². The molecule has 1 aliphatic heterocycles. The van der Waals surface area contributed by atoms with Crippen LogP contribution in [0.1, 0.15) is 28.8 Å². The van der Waals surface area contributed by atoms with Crippen LogP contribution in [0.2, 0.25) is 0 Å². The molecule has 1 amide bonds. The van der Waals surface area contributed by atoms with Crippen molar-refractivity contribution in [3.8, 4) is 11.1 Å². The van der Waals surface area contributed by atoms with Gasteiger partial charge in [-0.15, -0.1) is 5.10 Å². The number of pyridine rings is 1. The highest BCUT2D eigenvalue weighted by atomic mass is 32.2. The van der Waals surface area contributed by atoms with Gasteiger partial charge in [0, 0.05) is 48.7 Å². The van der Waals surface area contributed by atoms with Crippen LogP contribution < -0.4 is 10.6 Å². The Bertz CT molecular complexity index is 1560. The van der Waals surface area contributed by atoms with Crippen molar-refractivity contribution in [3.63, 3.8) is 0 Å². The summed E-state index contributed by atoms with van der Waals surface area (Å²) in [5, 5.41) is 10.4. The normalized spacial score (nSPS) is 18.4. The van der Waals surface area contributed by atoms with Gasteiger partial charge in [-0.05, 0) is 60.4 Å². The van der Waals surface area contributed by atoms with Crippen molar-refractivity contribution in [2.75, 3.05) is 37.0 Å². The van der Waals surface area contributed by atoms with E-state index in [-0.39, 0.29) is 23.0 Å². The van der Waals surface area contributed by atoms with Crippen LogP contribution in [0.15, 0.2) is 66.9 Å². The highest BCUT2D eigenvalue weighted by Crippen LogP contribution is 2.51. The molecule has 3 heterocycles. The summed E-state index contributed by atoms with van der Waals surface area (Å²) in [5.74, 6) is 0.824. The number of sulfone groups is 1. The Kier molecular flexibility index (Phi) is 5.73. The predicted molar refractivity (Wildman–Crippen MR) is 143 cm³/mol. The maximum absolute atomic E-state index is 11.9. The summed E-state index contributed by atoms with van der Waals surface area (Å²) < 4.78 is 25.5. The molecule has 9 nitrogen and oxygen atoms in total. The summed E-state index contributed by atoms with van der Waals surface area (Å²) >= 11 is 0. The molecule has 10 heteroatoms. The lowest BCUT2D eigenvalue weighted by molar-refractivity contribution is 0.0963. The molecule has 4 aromatic rings. The first-order chi connectivity index (χ1) is 17.9. The van der Waals surface area contributed by atoms with Crippen molar-refractivity contribution in [1.82, 2.24) is 24.8 Å².